The Morgan fingerprint density at radius 2 is 1.82 bits per heavy atom. The van der Waals surface area contributed by atoms with Crippen molar-refractivity contribution in [2.24, 2.45) is 0 Å². The van der Waals surface area contributed by atoms with Crippen molar-refractivity contribution < 1.29 is 19.8 Å². The van der Waals surface area contributed by atoms with Crippen LogP contribution in [0.15, 0.2) is 0 Å². The van der Waals surface area contributed by atoms with Gasteiger partial charge in [-0.1, -0.05) is 20.8 Å². The lowest BCUT2D eigenvalue weighted by Gasteiger charge is -2.31. The molecule has 1 heterocycles. The van der Waals surface area contributed by atoms with Gasteiger partial charge < -0.3 is 15.1 Å². The Morgan fingerprint density at radius 1 is 1.23 bits per heavy atom. The fraction of sp³-hybridized carbons (Fsp3) is 0.867. The van der Waals surface area contributed by atoms with Gasteiger partial charge in [-0.3, -0.25) is 19.4 Å². The molecule has 0 aromatic rings. The Labute approximate surface area is 132 Å². The monoisotopic (exact) mass is 315 g/mol. The molecule has 7 heteroatoms. The number of rotatable bonds is 8. The van der Waals surface area contributed by atoms with Crippen molar-refractivity contribution in [3.63, 3.8) is 0 Å². The number of carbonyl (C=O) groups excluding carboxylic acids is 1. The number of likely N-dealkylation sites (tertiary alicyclic amines) is 1. The van der Waals surface area contributed by atoms with E-state index in [9.17, 15) is 14.7 Å². The van der Waals surface area contributed by atoms with E-state index < -0.39 is 12.1 Å². The maximum Gasteiger partial charge on any atom is 0.317 e. The first-order chi connectivity index (χ1) is 10.3. The first-order valence-corrected chi connectivity index (χ1v) is 7.98. The van der Waals surface area contributed by atoms with Gasteiger partial charge in [-0.25, -0.2) is 0 Å². The standard InChI is InChI=1S/C15H29N3O4/c1-5-11(17(6-2)7-3)15(22)18-8-12(13(19)9-18)16(4)10-14(20)21/h11-13,19H,5-10H2,1-4H3,(H,20,21)/t11?,12?,13-/m1/s1. The summed E-state index contributed by atoms with van der Waals surface area (Å²) < 4.78 is 0. The Balaban J connectivity index is 2.74. The van der Waals surface area contributed by atoms with E-state index in [0.29, 0.717) is 6.54 Å². The van der Waals surface area contributed by atoms with Crippen LogP contribution < -0.4 is 0 Å². The number of hydrogen-bond donors (Lipinski definition) is 2. The third-order valence-corrected chi connectivity index (χ3v) is 4.45. The molecule has 7 nitrogen and oxygen atoms in total. The number of β-amino-alcohol motifs (C(OH)–C–C–N with tert-alkyl or cyclic N) is 1. The fourth-order valence-electron chi connectivity index (χ4n) is 3.18. The first-order valence-electron chi connectivity index (χ1n) is 7.98. The number of nitrogens with zero attached hydrogens (tertiary/aromatic N) is 3. The summed E-state index contributed by atoms with van der Waals surface area (Å²) in [4.78, 5) is 28.9. The Morgan fingerprint density at radius 3 is 2.27 bits per heavy atom. The van der Waals surface area contributed by atoms with Crippen LogP contribution in [0, 0.1) is 0 Å². The van der Waals surface area contributed by atoms with Gasteiger partial charge in [0.05, 0.1) is 24.7 Å². The minimum atomic E-state index is -0.936. The third-order valence-electron chi connectivity index (χ3n) is 4.45. The Bertz CT molecular complexity index is 387. The lowest BCUT2D eigenvalue weighted by molar-refractivity contribution is -0.138. The molecule has 0 radical (unpaired) electrons. The molecule has 0 saturated carbocycles. The number of carboxylic acid groups (broad SMARTS) is 1. The van der Waals surface area contributed by atoms with Crippen molar-refractivity contribution in [1.29, 1.82) is 0 Å². The second-order valence-corrected chi connectivity index (χ2v) is 5.83. The van der Waals surface area contributed by atoms with Crippen molar-refractivity contribution >= 4 is 11.9 Å². The number of aliphatic carboxylic acids is 1. The van der Waals surface area contributed by atoms with Gasteiger partial charge in [0, 0.05) is 13.1 Å². The highest BCUT2D eigenvalue weighted by atomic mass is 16.4. The lowest BCUT2D eigenvalue weighted by atomic mass is 10.1. The van der Waals surface area contributed by atoms with E-state index in [1.165, 1.54) is 0 Å². The molecule has 3 atom stereocenters. The van der Waals surface area contributed by atoms with E-state index in [1.807, 2.05) is 20.8 Å². The van der Waals surface area contributed by atoms with Crippen LogP contribution in [0.4, 0.5) is 0 Å². The van der Waals surface area contributed by atoms with E-state index in [1.54, 1.807) is 16.8 Å². The molecule has 1 fully saturated rings. The van der Waals surface area contributed by atoms with Crippen LogP contribution in [0.25, 0.3) is 0 Å². The molecular formula is C15H29N3O4. The van der Waals surface area contributed by atoms with Crippen LogP contribution in [0.3, 0.4) is 0 Å². The van der Waals surface area contributed by atoms with Crippen LogP contribution in [0.5, 0.6) is 0 Å². The number of hydrogen-bond acceptors (Lipinski definition) is 5. The largest absolute Gasteiger partial charge is 0.480 e. The first kappa shape index (κ1) is 18.9. The van der Waals surface area contributed by atoms with Gasteiger partial charge in [-0.15, -0.1) is 0 Å². The highest BCUT2D eigenvalue weighted by molar-refractivity contribution is 5.82. The zero-order valence-corrected chi connectivity index (χ0v) is 14.0. The molecule has 2 N–H and O–H groups in total. The summed E-state index contributed by atoms with van der Waals surface area (Å²) in [6, 6.07) is -0.500. The molecule has 0 aromatic heterocycles. The number of aliphatic hydroxyl groups is 1. The average Bonchev–Trinajstić information content (AvgIpc) is 2.85. The summed E-state index contributed by atoms with van der Waals surface area (Å²) >= 11 is 0. The fourth-order valence-corrected chi connectivity index (χ4v) is 3.18. The number of amides is 1. The summed E-state index contributed by atoms with van der Waals surface area (Å²) in [7, 11) is 1.66. The zero-order chi connectivity index (χ0) is 16.9. The van der Waals surface area contributed by atoms with Crippen molar-refractivity contribution in [3.05, 3.63) is 0 Å². The number of carbonyl (C=O) groups is 2. The second kappa shape index (κ2) is 8.45. The van der Waals surface area contributed by atoms with Crippen LogP contribution >= 0.6 is 0 Å². The number of likely N-dealkylation sites (N-methyl/N-ethyl adjacent to an activating group) is 2. The molecule has 2 unspecified atom stereocenters. The maximum atomic E-state index is 12.7. The van der Waals surface area contributed by atoms with Crippen molar-refractivity contribution in [2.45, 2.75) is 45.4 Å². The Kier molecular flexibility index (Phi) is 7.25. The van der Waals surface area contributed by atoms with Gasteiger partial charge in [0.15, 0.2) is 0 Å². The SMILES string of the molecule is CCC(C(=O)N1CC(N(C)CC(=O)O)[C@H](O)C1)N(CC)CC. The molecular weight excluding hydrogens is 286 g/mol. The van der Waals surface area contributed by atoms with Crippen molar-refractivity contribution in [3.8, 4) is 0 Å². The Hall–Kier alpha value is -1.18. The molecule has 0 bridgehead atoms. The van der Waals surface area contributed by atoms with Gasteiger partial charge >= 0.3 is 5.97 Å². The summed E-state index contributed by atoms with van der Waals surface area (Å²) in [6.07, 6.45) is 0.0189. The second-order valence-electron chi connectivity index (χ2n) is 5.83. The number of aliphatic hydroxyl groups excluding tert-OH is 1. The summed E-state index contributed by atoms with van der Waals surface area (Å²) in [5, 5.41) is 19.0. The molecule has 0 aliphatic carbocycles. The number of carboxylic acids is 1. The summed E-state index contributed by atoms with van der Waals surface area (Å²) in [6.45, 7) is 8.16. The summed E-state index contributed by atoms with van der Waals surface area (Å²) in [5.41, 5.74) is 0. The van der Waals surface area contributed by atoms with Crippen molar-refractivity contribution in [1.82, 2.24) is 14.7 Å². The normalized spacial score (nSPS) is 23.3. The van der Waals surface area contributed by atoms with E-state index in [2.05, 4.69) is 4.90 Å². The molecule has 1 amide bonds. The van der Waals surface area contributed by atoms with Gasteiger partial charge in [0.1, 0.15) is 0 Å². The van der Waals surface area contributed by atoms with Gasteiger partial charge in [0.25, 0.3) is 0 Å². The predicted molar refractivity (Wildman–Crippen MR) is 83.6 cm³/mol. The molecule has 1 rings (SSSR count). The highest BCUT2D eigenvalue weighted by Gasteiger charge is 2.39. The topological polar surface area (TPSA) is 84.3 Å². The molecule has 1 aliphatic rings. The smallest absolute Gasteiger partial charge is 0.317 e. The van der Waals surface area contributed by atoms with E-state index in [-0.39, 0.29) is 31.1 Å². The van der Waals surface area contributed by atoms with Gasteiger partial charge in [0.2, 0.25) is 5.91 Å². The predicted octanol–water partition coefficient (Wildman–Crippen LogP) is -0.305. The summed E-state index contributed by atoms with van der Waals surface area (Å²) in [5.74, 6) is -0.912. The minimum Gasteiger partial charge on any atom is -0.480 e. The molecule has 0 aromatic carbocycles. The molecule has 1 saturated heterocycles. The minimum absolute atomic E-state index is 0.0245. The van der Waals surface area contributed by atoms with Crippen LogP contribution in [0.2, 0.25) is 0 Å². The molecule has 0 spiro atoms. The maximum absolute atomic E-state index is 12.7. The molecule has 1 aliphatic heterocycles. The lowest BCUT2D eigenvalue weighted by Crippen LogP contribution is -2.48. The highest BCUT2D eigenvalue weighted by Crippen LogP contribution is 2.18. The quantitative estimate of drug-likeness (QED) is 0.639. The average molecular weight is 315 g/mol. The van der Waals surface area contributed by atoms with E-state index in [4.69, 9.17) is 5.11 Å². The van der Waals surface area contributed by atoms with Crippen LogP contribution in [-0.2, 0) is 9.59 Å². The molecule has 128 valence electrons. The van der Waals surface area contributed by atoms with Gasteiger partial charge in [-0.05, 0) is 26.6 Å². The van der Waals surface area contributed by atoms with Gasteiger partial charge in [-0.2, -0.15) is 0 Å². The third kappa shape index (κ3) is 4.41. The van der Waals surface area contributed by atoms with E-state index >= 15 is 0 Å². The zero-order valence-electron chi connectivity index (χ0n) is 14.0. The van der Waals surface area contributed by atoms with Crippen LogP contribution in [0.1, 0.15) is 27.2 Å². The van der Waals surface area contributed by atoms with E-state index in [0.717, 1.165) is 19.5 Å². The molecule has 22 heavy (non-hydrogen) atoms. The van der Waals surface area contributed by atoms with Crippen molar-refractivity contribution in [2.75, 3.05) is 39.8 Å². The van der Waals surface area contributed by atoms with Crippen LogP contribution in [-0.4, -0.2) is 94.7 Å².